The first-order chi connectivity index (χ1) is 5.38. The van der Waals surface area contributed by atoms with Crippen LogP contribution in [-0.2, 0) is 13.1 Å². The van der Waals surface area contributed by atoms with Crippen LogP contribution in [0.2, 0.25) is 0 Å². The van der Waals surface area contributed by atoms with E-state index in [-0.39, 0.29) is 12.4 Å². The lowest BCUT2D eigenvalue weighted by atomic mass is 10.3. The number of unbranched alkanes of at least 4 members (excludes halogenated alkanes) is 1. The van der Waals surface area contributed by atoms with Crippen LogP contribution in [0.3, 0.4) is 0 Å². The van der Waals surface area contributed by atoms with Crippen LogP contribution in [0.1, 0.15) is 25.6 Å². The Morgan fingerprint density at radius 2 is 2.25 bits per heavy atom. The van der Waals surface area contributed by atoms with Gasteiger partial charge in [-0.15, -0.1) is 17.5 Å². The van der Waals surface area contributed by atoms with Gasteiger partial charge in [-0.3, -0.25) is 0 Å². The van der Waals surface area contributed by atoms with Crippen molar-refractivity contribution in [3.05, 3.63) is 5.82 Å². The SMILES string of the molecule is CCCCn1nnnc1CN.Cl. The molecule has 0 unspecified atom stereocenters. The highest BCUT2D eigenvalue weighted by molar-refractivity contribution is 5.85. The summed E-state index contributed by atoms with van der Waals surface area (Å²) < 4.78 is 1.75. The molecule has 1 aromatic heterocycles. The third kappa shape index (κ3) is 2.75. The van der Waals surface area contributed by atoms with Crippen molar-refractivity contribution in [3.63, 3.8) is 0 Å². The molecule has 0 fully saturated rings. The normalized spacial score (nSPS) is 9.50. The van der Waals surface area contributed by atoms with Crippen molar-refractivity contribution < 1.29 is 0 Å². The molecule has 1 aromatic rings. The second-order valence-corrected chi connectivity index (χ2v) is 2.38. The molecule has 0 saturated heterocycles. The van der Waals surface area contributed by atoms with Crippen LogP contribution in [-0.4, -0.2) is 20.2 Å². The fourth-order valence-electron chi connectivity index (χ4n) is 0.851. The van der Waals surface area contributed by atoms with Crippen LogP contribution in [0.15, 0.2) is 0 Å². The maximum atomic E-state index is 5.40. The van der Waals surface area contributed by atoms with Crippen molar-refractivity contribution in [2.24, 2.45) is 5.73 Å². The second kappa shape index (κ2) is 5.91. The van der Waals surface area contributed by atoms with Crippen LogP contribution in [0.5, 0.6) is 0 Å². The van der Waals surface area contributed by atoms with Gasteiger partial charge in [0.15, 0.2) is 5.82 Å². The Labute approximate surface area is 77.7 Å². The fourth-order valence-corrected chi connectivity index (χ4v) is 0.851. The van der Waals surface area contributed by atoms with Crippen LogP contribution in [0.25, 0.3) is 0 Å². The molecule has 0 aliphatic heterocycles. The number of tetrazole rings is 1. The van der Waals surface area contributed by atoms with Gasteiger partial charge in [-0.05, 0) is 16.8 Å². The Morgan fingerprint density at radius 3 is 2.83 bits per heavy atom. The maximum absolute atomic E-state index is 5.40. The summed E-state index contributed by atoms with van der Waals surface area (Å²) in [4.78, 5) is 0. The smallest absolute Gasteiger partial charge is 0.164 e. The predicted octanol–water partition coefficient (Wildman–Crippen LogP) is 0.354. The molecule has 0 spiro atoms. The molecule has 0 aromatic carbocycles. The highest BCUT2D eigenvalue weighted by atomic mass is 35.5. The zero-order valence-corrected chi connectivity index (χ0v) is 7.92. The van der Waals surface area contributed by atoms with Gasteiger partial charge in [-0.2, -0.15) is 0 Å². The molecule has 0 radical (unpaired) electrons. The quantitative estimate of drug-likeness (QED) is 0.746. The summed E-state index contributed by atoms with van der Waals surface area (Å²) in [5.74, 6) is 0.762. The first-order valence-electron chi connectivity index (χ1n) is 3.83. The molecule has 0 amide bonds. The summed E-state index contributed by atoms with van der Waals surface area (Å²) >= 11 is 0. The van der Waals surface area contributed by atoms with Gasteiger partial charge in [0.05, 0.1) is 6.54 Å². The Morgan fingerprint density at radius 1 is 1.50 bits per heavy atom. The number of hydrogen-bond donors (Lipinski definition) is 1. The number of nitrogens with zero attached hydrogens (tertiary/aromatic N) is 4. The standard InChI is InChI=1S/C6H13N5.ClH/c1-2-3-4-11-6(5-7)8-9-10-11;/h2-5,7H2,1H3;1H. The summed E-state index contributed by atoms with van der Waals surface area (Å²) in [7, 11) is 0. The molecular formula is C6H14ClN5. The largest absolute Gasteiger partial charge is 0.324 e. The molecule has 70 valence electrons. The molecule has 0 bridgehead atoms. The zero-order valence-electron chi connectivity index (χ0n) is 7.10. The minimum atomic E-state index is 0. The molecule has 1 heterocycles. The summed E-state index contributed by atoms with van der Waals surface area (Å²) in [5.41, 5.74) is 5.40. The zero-order chi connectivity index (χ0) is 8.10. The molecular weight excluding hydrogens is 178 g/mol. The van der Waals surface area contributed by atoms with Gasteiger partial charge in [0, 0.05) is 6.54 Å². The molecule has 0 aliphatic rings. The van der Waals surface area contributed by atoms with Gasteiger partial charge in [-0.1, -0.05) is 13.3 Å². The lowest BCUT2D eigenvalue weighted by Gasteiger charge is -1.99. The van der Waals surface area contributed by atoms with Crippen molar-refractivity contribution in [1.29, 1.82) is 0 Å². The Bertz CT molecular complexity index is 211. The topological polar surface area (TPSA) is 69.6 Å². The van der Waals surface area contributed by atoms with Crippen LogP contribution >= 0.6 is 12.4 Å². The first kappa shape index (κ1) is 11.3. The van der Waals surface area contributed by atoms with E-state index in [2.05, 4.69) is 22.4 Å². The number of hydrogen-bond acceptors (Lipinski definition) is 4. The van der Waals surface area contributed by atoms with E-state index in [9.17, 15) is 0 Å². The molecule has 1 rings (SSSR count). The van der Waals surface area contributed by atoms with Gasteiger partial charge in [0.25, 0.3) is 0 Å². The Balaban J connectivity index is 0.00000121. The van der Waals surface area contributed by atoms with Gasteiger partial charge in [0.1, 0.15) is 0 Å². The lowest BCUT2D eigenvalue weighted by molar-refractivity contribution is 0.533. The fraction of sp³-hybridized carbons (Fsp3) is 0.833. The van der Waals surface area contributed by atoms with E-state index in [1.54, 1.807) is 4.68 Å². The minimum Gasteiger partial charge on any atom is -0.324 e. The highest BCUT2D eigenvalue weighted by Crippen LogP contribution is 1.94. The van der Waals surface area contributed by atoms with Crippen molar-refractivity contribution in [3.8, 4) is 0 Å². The van der Waals surface area contributed by atoms with E-state index in [1.807, 2.05) is 0 Å². The summed E-state index contributed by atoms with van der Waals surface area (Å²) in [6.07, 6.45) is 2.24. The monoisotopic (exact) mass is 191 g/mol. The van der Waals surface area contributed by atoms with Gasteiger partial charge in [0.2, 0.25) is 0 Å². The molecule has 12 heavy (non-hydrogen) atoms. The first-order valence-corrected chi connectivity index (χ1v) is 3.83. The minimum absolute atomic E-state index is 0. The van der Waals surface area contributed by atoms with E-state index in [4.69, 9.17) is 5.73 Å². The number of aryl methyl sites for hydroxylation is 1. The summed E-state index contributed by atoms with van der Waals surface area (Å²) in [6.45, 7) is 3.42. The molecule has 0 atom stereocenters. The maximum Gasteiger partial charge on any atom is 0.164 e. The van der Waals surface area contributed by atoms with Crippen LogP contribution in [0, 0.1) is 0 Å². The number of aromatic nitrogens is 4. The van der Waals surface area contributed by atoms with Crippen molar-refractivity contribution in [1.82, 2.24) is 20.2 Å². The lowest BCUT2D eigenvalue weighted by Crippen LogP contribution is -2.09. The molecule has 5 nitrogen and oxygen atoms in total. The van der Waals surface area contributed by atoms with E-state index in [0.717, 1.165) is 25.2 Å². The van der Waals surface area contributed by atoms with Crippen LogP contribution < -0.4 is 5.73 Å². The van der Waals surface area contributed by atoms with Crippen molar-refractivity contribution in [2.75, 3.05) is 0 Å². The molecule has 0 saturated carbocycles. The predicted molar refractivity (Wildman–Crippen MR) is 47.9 cm³/mol. The summed E-state index contributed by atoms with van der Waals surface area (Å²) in [5, 5.41) is 11.1. The summed E-state index contributed by atoms with van der Waals surface area (Å²) in [6, 6.07) is 0. The van der Waals surface area contributed by atoms with Crippen molar-refractivity contribution >= 4 is 12.4 Å². The van der Waals surface area contributed by atoms with E-state index in [0.29, 0.717) is 6.54 Å². The Kier molecular flexibility index (Phi) is 5.57. The molecule has 2 N–H and O–H groups in total. The molecule has 6 heteroatoms. The van der Waals surface area contributed by atoms with Gasteiger partial charge in [-0.25, -0.2) is 4.68 Å². The highest BCUT2D eigenvalue weighted by Gasteiger charge is 2.00. The number of nitrogens with two attached hydrogens (primary N) is 1. The van der Waals surface area contributed by atoms with Gasteiger partial charge < -0.3 is 5.73 Å². The third-order valence-corrected chi connectivity index (χ3v) is 1.51. The van der Waals surface area contributed by atoms with E-state index < -0.39 is 0 Å². The third-order valence-electron chi connectivity index (χ3n) is 1.51. The van der Waals surface area contributed by atoms with Crippen LogP contribution in [0.4, 0.5) is 0 Å². The average molecular weight is 192 g/mol. The second-order valence-electron chi connectivity index (χ2n) is 2.38. The van der Waals surface area contributed by atoms with E-state index in [1.165, 1.54) is 0 Å². The van der Waals surface area contributed by atoms with Crippen molar-refractivity contribution in [2.45, 2.75) is 32.9 Å². The van der Waals surface area contributed by atoms with Gasteiger partial charge >= 0.3 is 0 Å². The van der Waals surface area contributed by atoms with E-state index >= 15 is 0 Å². The average Bonchev–Trinajstić information content (AvgIpc) is 2.47. The number of rotatable bonds is 4. The number of halogens is 1. The molecule has 0 aliphatic carbocycles. The Hall–Kier alpha value is -0.680.